The van der Waals surface area contributed by atoms with Crippen LogP contribution in [0.4, 0.5) is 0 Å². The van der Waals surface area contributed by atoms with Crippen molar-refractivity contribution in [3.05, 3.63) is 0 Å². The fourth-order valence-corrected chi connectivity index (χ4v) is 2.78. The summed E-state index contributed by atoms with van der Waals surface area (Å²) >= 11 is 0. The molecule has 1 aliphatic carbocycles. The lowest BCUT2D eigenvalue weighted by atomic mass is 10.1. The van der Waals surface area contributed by atoms with Crippen LogP contribution in [-0.4, -0.2) is 24.0 Å². The van der Waals surface area contributed by atoms with Gasteiger partial charge in [-0.25, -0.2) is 0 Å². The molecule has 72 valence electrons. The molecule has 3 unspecified atom stereocenters. The summed E-state index contributed by atoms with van der Waals surface area (Å²) in [6.07, 6.45) is 0.680. The van der Waals surface area contributed by atoms with E-state index >= 15 is 0 Å². The first kappa shape index (κ1) is 9.02. The highest BCUT2D eigenvalue weighted by atomic mass is 15.2. The van der Waals surface area contributed by atoms with Crippen molar-refractivity contribution < 1.29 is 0 Å². The predicted molar refractivity (Wildman–Crippen MR) is 52.0 cm³/mol. The lowest BCUT2D eigenvalue weighted by molar-refractivity contribution is 0.204. The third-order valence-corrected chi connectivity index (χ3v) is 4.16. The normalized spacial score (nSPS) is 38.0. The van der Waals surface area contributed by atoms with Crippen molar-refractivity contribution in [2.45, 2.75) is 33.2 Å². The van der Waals surface area contributed by atoms with Crippen LogP contribution in [0.25, 0.3) is 0 Å². The van der Waals surface area contributed by atoms with Crippen molar-refractivity contribution >= 4 is 0 Å². The summed E-state index contributed by atoms with van der Waals surface area (Å²) < 4.78 is 0. The number of likely N-dealkylation sites (tertiary alicyclic amines) is 1. The van der Waals surface area contributed by atoms with Crippen LogP contribution >= 0.6 is 0 Å². The zero-order valence-electron chi connectivity index (χ0n) is 8.75. The van der Waals surface area contributed by atoms with Gasteiger partial charge >= 0.3 is 0 Å². The standard InChI is InChI=1S/C11H18N2/c1-8(4-5-12)13-6-9-10(7-13)11(9,2)3/h8-10H,4,6-7H2,1-3H3. The highest BCUT2D eigenvalue weighted by Gasteiger charge is 2.62. The van der Waals surface area contributed by atoms with Gasteiger partial charge in [-0.05, 0) is 24.2 Å². The second-order valence-corrected chi connectivity index (χ2v) is 5.20. The summed E-state index contributed by atoms with van der Waals surface area (Å²) in [5, 5.41) is 8.60. The maximum Gasteiger partial charge on any atom is 0.0638 e. The Morgan fingerprint density at radius 1 is 1.46 bits per heavy atom. The van der Waals surface area contributed by atoms with Crippen molar-refractivity contribution in [1.29, 1.82) is 5.26 Å². The molecule has 3 atom stereocenters. The molecule has 0 aromatic heterocycles. The molecule has 1 heterocycles. The highest BCUT2D eigenvalue weighted by molar-refractivity contribution is 5.12. The number of nitrogens with zero attached hydrogens (tertiary/aromatic N) is 2. The van der Waals surface area contributed by atoms with Crippen molar-refractivity contribution in [3.8, 4) is 6.07 Å². The summed E-state index contributed by atoms with van der Waals surface area (Å²) in [5.74, 6) is 1.82. The fraction of sp³-hybridized carbons (Fsp3) is 0.909. The topological polar surface area (TPSA) is 27.0 Å². The van der Waals surface area contributed by atoms with Crippen molar-refractivity contribution in [1.82, 2.24) is 4.90 Å². The summed E-state index contributed by atoms with van der Waals surface area (Å²) in [6.45, 7) is 9.35. The van der Waals surface area contributed by atoms with E-state index in [4.69, 9.17) is 5.26 Å². The second-order valence-electron chi connectivity index (χ2n) is 5.20. The molecular weight excluding hydrogens is 160 g/mol. The smallest absolute Gasteiger partial charge is 0.0638 e. The van der Waals surface area contributed by atoms with Gasteiger partial charge in [0, 0.05) is 19.1 Å². The molecule has 0 bridgehead atoms. The fourth-order valence-electron chi connectivity index (χ4n) is 2.78. The monoisotopic (exact) mass is 178 g/mol. The minimum absolute atomic E-state index is 0.466. The molecule has 2 heteroatoms. The van der Waals surface area contributed by atoms with E-state index in [0.717, 1.165) is 11.8 Å². The lowest BCUT2D eigenvalue weighted by Gasteiger charge is -2.26. The Hall–Kier alpha value is -0.550. The molecule has 0 aromatic rings. The molecule has 2 fully saturated rings. The van der Waals surface area contributed by atoms with Crippen LogP contribution in [0, 0.1) is 28.6 Å². The first-order valence-corrected chi connectivity index (χ1v) is 5.18. The first-order chi connectivity index (χ1) is 6.07. The van der Waals surface area contributed by atoms with Crippen molar-refractivity contribution in [2.24, 2.45) is 17.3 Å². The second kappa shape index (κ2) is 2.72. The third kappa shape index (κ3) is 1.26. The van der Waals surface area contributed by atoms with Crippen LogP contribution in [-0.2, 0) is 0 Å². The summed E-state index contributed by atoms with van der Waals surface area (Å²) in [5.41, 5.74) is 0.600. The largest absolute Gasteiger partial charge is 0.299 e. The number of nitriles is 1. The van der Waals surface area contributed by atoms with Crippen LogP contribution in [0.1, 0.15) is 27.2 Å². The van der Waals surface area contributed by atoms with E-state index in [1.807, 2.05) is 0 Å². The van der Waals surface area contributed by atoms with Crippen molar-refractivity contribution in [2.75, 3.05) is 13.1 Å². The SMILES string of the molecule is CC(CC#N)N1CC2C(C1)C2(C)C. The number of fused-ring (bicyclic) bond motifs is 1. The molecule has 0 spiro atoms. The van der Waals surface area contributed by atoms with E-state index in [1.54, 1.807) is 0 Å². The lowest BCUT2D eigenvalue weighted by Crippen LogP contribution is -2.34. The first-order valence-electron chi connectivity index (χ1n) is 5.18. The van der Waals surface area contributed by atoms with Gasteiger partial charge in [0.25, 0.3) is 0 Å². The van der Waals surface area contributed by atoms with Gasteiger partial charge in [-0.3, -0.25) is 4.90 Å². The molecule has 2 rings (SSSR count). The molecule has 1 aliphatic heterocycles. The van der Waals surface area contributed by atoms with Crippen LogP contribution in [0.15, 0.2) is 0 Å². The van der Waals surface area contributed by atoms with E-state index in [0.29, 0.717) is 17.9 Å². The zero-order valence-corrected chi connectivity index (χ0v) is 8.75. The molecule has 1 saturated carbocycles. The minimum atomic E-state index is 0.466. The Kier molecular flexibility index (Phi) is 1.89. The van der Waals surface area contributed by atoms with Gasteiger partial charge in [-0.1, -0.05) is 13.8 Å². The van der Waals surface area contributed by atoms with Gasteiger partial charge in [0.2, 0.25) is 0 Å². The molecular formula is C11H18N2. The van der Waals surface area contributed by atoms with Gasteiger partial charge in [-0.15, -0.1) is 0 Å². The molecule has 13 heavy (non-hydrogen) atoms. The average molecular weight is 178 g/mol. The Balaban J connectivity index is 1.87. The molecule has 2 nitrogen and oxygen atoms in total. The molecule has 0 aromatic carbocycles. The number of hydrogen-bond acceptors (Lipinski definition) is 2. The number of piperidine rings is 1. The van der Waals surface area contributed by atoms with Gasteiger partial charge < -0.3 is 0 Å². The van der Waals surface area contributed by atoms with Crippen molar-refractivity contribution in [3.63, 3.8) is 0 Å². The summed E-state index contributed by atoms with van der Waals surface area (Å²) in [7, 11) is 0. The predicted octanol–water partition coefficient (Wildman–Crippen LogP) is 1.88. The minimum Gasteiger partial charge on any atom is -0.299 e. The van der Waals surface area contributed by atoms with Crippen LogP contribution in [0.5, 0.6) is 0 Å². The Bertz CT molecular complexity index is 237. The van der Waals surface area contributed by atoms with E-state index in [1.165, 1.54) is 13.1 Å². The Morgan fingerprint density at radius 3 is 2.46 bits per heavy atom. The number of hydrogen-bond donors (Lipinski definition) is 0. The zero-order chi connectivity index (χ0) is 9.64. The molecule has 2 aliphatic rings. The Labute approximate surface area is 80.5 Å². The van der Waals surface area contributed by atoms with Gasteiger partial charge in [-0.2, -0.15) is 5.26 Å². The molecule has 1 saturated heterocycles. The van der Waals surface area contributed by atoms with Gasteiger partial charge in [0.1, 0.15) is 0 Å². The van der Waals surface area contributed by atoms with Gasteiger partial charge in [0.05, 0.1) is 12.5 Å². The number of rotatable bonds is 2. The van der Waals surface area contributed by atoms with E-state index < -0.39 is 0 Å². The third-order valence-electron chi connectivity index (χ3n) is 4.16. The average Bonchev–Trinajstić information content (AvgIpc) is 2.53. The maximum atomic E-state index is 8.60. The molecule has 0 amide bonds. The van der Waals surface area contributed by atoms with Crippen LogP contribution in [0.3, 0.4) is 0 Å². The van der Waals surface area contributed by atoms with Crippen LogP contribution in [0.2, 0.25) is 0 Å². The van der Waals surface area contributed by atoms with E-state index in [2.05, 4.69) is 31.7 Å². The summed E-state index contributed by atoms with van der Waals surface area (Å²) in [6, 6.07) is 2.72. The summed E-state index contributed by atoms with van der Waals surface area (Å²) in [4.78, 5) is 2.48. The quantitative estimate of drug-likeness (QED) is 0.645. The van der Waals surface area contributed by atoms with E-state index in [-0.39, 0.29) is 0 Å². The highest BCUT2D eigenvalue weighted by Crippen LogP contribution is 2.62. The van der Waals surface area contributed by atoms with Crippen LogP contribution < -0.4 is 0 Å². The molecule has 0 N–H and O–H groups in total. The Morgan fingerprint density at radius 2 is 2.00 bits per heavy atom. The molecule has 0 radical (unpaired) electrons. The van der Waals surface area contributed by atoms with Gasteiger partial charge in [0.15, 0.2) is 0 Å². The maximum absolute atomic E-state index is 8.60. The van der Waals surface area contributed by atoms with E-state index in [9.17, 15) is 0 Å².